The van der Waals surface area contributed by atoms with Crippen molar-refractivity contribution in [2.75, 3.05) is 5.75 Å². The maximum atomic E-state index is 13.2. The number of hydrogen-bond donors (Lipinski definition) is 1. The van der Waals surface area contributed by atoms with Crippen LogP contribution in [0.15, 0.2) is 12.1 Å². The highest BCUT2D eigenvalue weighted by atomic mass is 35.5. The molecule has 1 aliphatic heterocycles. The molecule has 0 aromatic heterocycles. The maximum Gasteiger partial charge on any atom is 0.125 e. The first-order chi connectivity index (χ1) is 7.09. The Morgan fingerprint density at radius 2 is 2.27 bits per heavy atom. The van der Waals surface area contributed by atoms with E-state index in [0.717, 1.165) is 17.1 Å². The topological polar surface area (TPSA) is 20.2 Å². The molecule has 0 saturated carbocycles. The van der Waals surface area contributed by atoms with Crippen molar-refractivity contribution in [3.8, 4) is 0 Å². The van der Waals surface area contributed by atoms with E-state index in [1.54, 1.807) is 11.8 Å². The van der Waals surface area contributed by atoms with Gasteiger partial charge in [0.1, 0.15) is 5.82 Å². The molecule has 2 rings (SSSR count). The van der Waals surface area contributed by atoms with Crippen LogP contribution in [-0.4, -0.2) is 10.9 Å². The average molecular weight is 247 g/mol. The zero-order valence-corrected chi connectivity index (χ0v) is 9.91. The van der Waals surface area contributed by atoms with E-state index in [2.05, 4.69) is 0 Å². The molecular weight excluding hydrogens is 235 g/mol. The Kier molecular flexibility index (Phi) is 3.24. The lowest BCUT2D eigenvalue weighted by Gasteiger charge is -2.17. The Morgan fingerprint density at radius 1 is 1.53 bits per heavy atom. The van der Waals surface area contributed by atoms with Crippen molar-refractivity contribution in [1.29, 1.82) is 0 Å². The molecule has 82 valence electrons. The molecule has 1 aliphatic rings. The lowest BCUT2D eigenvalue weighted by atomic mass is 9.95. The van der Waals surface area contributed by atoms with Crippen molar-refractivity contribution in [3.63, 3.8) is 0 Å². The molecule has 1 heterocycles. The number of aliphatic hydroxyl groups is 1. The summed E-state index contributed by atoms with van der Waals surface area (Å²) in [7, 11) is 0. The van der Waals surface area contributed by atoms with Crippen LogP contribution >= 0.6 is 23.4 Å². The van der Waals surface area contributed by atoms with Gasteiger partial charge < -0.3 is 5.11 Å². The predicted octanol–water partition coefficient (Wildman–Crippen LogP) is 3.40. The first-order valence-electron chi connectivity index (χ1n) is 4.83. The van der Waals surface area contributed by atoms with Gasteiger partial charge in [0.05, 0.1) is 6.10 Å². The minimum atomic E-state index is -0.608. The molecule has 0 radical (unpaired) electrons. The Hall–Kier alpha value is -0.250. The van der Waals surface area contributed by atoms with E-state index in [1.807, 2.05) is 6.92 Å². The first kappa shape index (κ1) is 11.2. The lowest BCUT2D eigenvalue weighted by Crippen LogP contribution is -2.11. The van der Waals surface area contributed by atoms with Gasteiger partial charge in [-0.2, -0.15) is 11.8 Å². The van der Waals surface area contributed by atoms with Crippen LogP contribution in [0.5, 0.6) is 0 Å². The number of benzene rings is 1. The smallest absolute Gasteiger partial charge is 0.125 e. The second-order valence-corrected chi connectivity index (χ2v) is 5.33. The highest BCUT2D eigenvalue weighted by Crippen LogP contribution is 2.37. The molecule has 0 spiro atoms. The zero-order valence-electron chi connectivity index (χ0n) is 8.34. The number of hydrogen-bond acceptors (Lipinski definition) is 2. The molecule has 4 heteroatoms. The summed E-state index contributed by atoms with van der Waals surface area (Å²) in [5.74, 6) is 1.37. The average Bonchev–Trinajstić information content (AvgIpc) is 2.30. The standard InChI is InChI=1S/C11H12ClFOS/c1-6-4-15-5-9-8(11(6)14)2-7(13)3-10(9)12/h2-3,6,11,14H,4-5H2,1H3. The third kappa shape index (κ3) is 2.14. The highest BCUT2D eigenvalue weighted by Gasteiger charge is 2.25. The van der Waals surface area contributed by atoms with E-state index >= 15 is 0 Å². The Labute approximate surface area is 97.6 Å². The number of rotatable bonds is 0. The van der Waals surface area contributed by atoms with Crippen molar-refractivity contribution in [2.45, 2.75) is 18.8 Å². The van der Waals surface area contributed by atoms with Gasteiger partial charge in [-0.3, -0.25) is 0 Å². The third-order valence-electron chi connectivity index (χ3n) is 2.68. The summed E-state index contributed by atoms with van der Waals surface area (Å²) < 4.78 is 13.2. The Morgan fingerprint density at radius 3 is 3.00 bits per heavy atom. The summed E-state index contributed by atoms with van der Waals surface area (Å²) in [5, 5.41) is 10.4. The van der Waals surface area contributed by atoms with Crippen molar-refractivity contribution in [1.82, 2.24) is 0 Å². The van der Waals surface area contributed by atoms with Crippen LogP contribution in [0.3, 0.4) is 0 Å². The van der Waals surface area contributed by atoms with E-state index < -0.39 is 6.10 Å². The van der Waals surface area contributed by atoms with Crippen LogP contribution in [-0.2, 0) is 5.75 Å². The van der Waals surface area contributed by atoms with Crippen molar-refractivity contribution in [2.24, 2.45) is 5.92 Å². The number of fused-ring (bicyclic) bond motifs is 1. The van der Waals surface area contributed by atoms with Gasteiger partial charge >= 0.3 is 0 Å². The maximum absolute atomic E-state index is 13.2. The lowest BCUT2D eigenvalue weighted by molar-refractivity contribution is 0.129. The largest absolute Gasteiger partial charge is 0.388 e. The van der Waals surface area contributed by atoms with E-state index in [-0.39, 0.29) is 11.7 Å². The van der Waals surface area contributed by atoms with E-state index in [1.165, 1.54) is 12.1 Å². The summed E-state index contributed by atoms with van der Waals surface area (Å²) in [4.78, 5) is 0. The molecule has 0 bridgehead atoms. The Balaban J connectivity index is 2.53. The Bertz CT molecular complexity index is 383. The third-order valence-corrected chi connectivity index (χ3v) is 4.27. The quantitative estimate of drug-likeness (QED) is 0.757. The molecule has 1 aromatic carbocycles. The summed E-state index contributed by atoms with van der Waals surface area (Å²) in [6, 6.07) is 2.71. The molecule has 0 saturated heterocycles. The number of thioether (sulfide) groups is 1. The van der Waals surface area contributed by atoms with Crippen LogP contribution < -0.4 is 0 Å². The minimum absolute atomic E-state index is 0.133. The summed E-state index contributed by atoms with van der Waals surface area (Å²) >= 11 is 7.69. The van der Waals surface area contributed by atoms with E-state index in [4.69, 9.17) is 11.6 Å². The van der Waals surface area contributed by atoms with Crippen LogP contribution in [0, 0.1) is 11.7 Å². The summed E-state index contributed by atoms with van der Waals surface area (Å²) in [6.07, 6.45) is -0.608. The molecule has 15 heavy (non-hydrogen) atoms. The summed E-state index contributed by atoms with van der Waals surface area (Å²) in [6.45, 7) is 1.96. The fourth-order valence-corrected chi connectivity index (χ4v) is 3.34. The molecule has 1 aromatic rings. The molecule has 2 atom stereocenters. The molecule has 0 aliphatic carbocycles. The zero-order chi connectivity index (χ0) is 11.0. The minimum Gasteiger partial charge on any atom is -0.388 e. The second-order valence-electron chi connectivity index (χ2n) is 3.89. The van der Waals surface area contributed by atoms with Gasteiger partial charge in [-0.25, -0.2) is 4.39 Å². The molecule has 0 fully saturated rings. The fraction of sp³-hybridized carbons (Fsp3) is 0.455. The first-order valence-corrected chi connectivity index (χ1v) is 6.36. The van der Waals surface area contributed by atoms with Gasteiger partial charge in [0.2, 0.25) is 0 Å². The highest BCUT2D eigenvalue weighted by molar-refractivity contribution is 7.98. The van der Waals surface area contributed by atoms with E-state index in [0.29, 0.717) is 10.6 Å². The van der Waals surface area contributed by atoms with Crippen molar-refractivity contribution >= 4 is 23.4 Å². The van der Waals surface area contributed by atoms with Crippen molar-refractivity contribution < 1.29 is 9.50 Å². The molecular formula is C11H12ClFOS. The molecule has 2 unspecified atom stereocenters. The molecule has 1 nitrogen and oxygen atoms in total. The SMILES string of the molecule is CC1CSCc2c(Cl)cc(F)cc2C1O. The fourth-order valence-electron chi connectivity index (χ4n) is 1.78. The van der Waals surface area contributed by atoms with Crippen LogP contribution in [0.2, 0.25) is 5.02 Å². The van der Waals surface area contributed by atoms with Crippen LogP contribution in [0.1, 0.15) is 24.2 Å². The van der Waals surface area contributed by atoms with Gasteiger partial charge in [-0.1, -0.05) is 18.5 Å². The van der Waals surface area contributed by atoms with Gasteiger partial charge in [0.15, 0.2) is 0 Å². The predicted molar refractivity (Wildman–Crippen MR) is 61.7 cm³/mol. The monoisotopic (exact) mass is 246 g/mol. The van der Waals surface area contributed by atoms with Gasteiger partial charge in [-0.05, 0) is 34.9 Å². The summed E-state index contributed by atoms with van der Waals surface area (Å²) in [5.41, 5.74) is 1.53. The van der Waals surface area contributed by atoms with Gasteiger partial charge in [-0.15, -0.1) is 0 Å². The van der Waals surface area contributed by atoms with Crippen molar-refractivity contribution in [3.05, 3.63) is 34.1 Å². The van der Waals surface area contributed by atoms with Gasteiger partial charge in [0, 0.05) is 10.8 Å². The molecule has 0 amide bonds. The normalized spacial score (nSPS) is 25.9. The van der Waals surface area contributed by atoms with Crippen LogP contribution in [0.25, 0.3) is 0 Å². The van der Waals surface area contributed by atoms with Crippen LogP contribution in [0.4, 0.5) is 4.39 Å². The van der Waals surface area contributed by atoms with Gasteiger partial charge in [0.25, 0.3) is 0 Å². The van der Waals surface area contributed by atoms with E-state index in [9.17, 15) is 9.50 Å². The number of halogens is 2. The molecule has 1 N–H and O–H groups in total. The number of aliphatic hydroxyl groups excluding tert-OH is 1. The second kappa shape index (κ2) is 4.32.